The molecule has 1 aliphatic carbocycles. The van der Waals surface area contributed by atoms with Gasteiger partial charge < -0.3 is 9.05 Å². The van der Waals surface area contributed by atoms with E-state index in [4.69, 9.17) is 9.05 Å². The molecule has 0 bridgehead atoms. The topological polar surface area (TPSA) is 47.6 Å². The Kier molecular flexibility index (Phi) is 6.54. The van der Waals surface area contributed by atoms with Crippen molar-refractivity contribution in [1.82, 2.24) is 5.32 Å². The van der Waals surface area contributed by atoms with E-state index in [1.807, 2.05) is 50.2 Å². The van der Waals surface area contributed by atoms with Gasteiger partial charge in [-0.3, -0.25) is 9.88 Å². The number of nitrogens with one attached hydrogen (secondary N) is 1. The van der Waals surface area contributed by atoms with Crippen LogP contribution in [0.3, 0.4) is 0 Å². The van der Waals surface area contributed by atoms with Crippen molar-refractivity contribution in [2.24, 2.45) is 5.92 Å². The molecule has 0 radical (unpaired) electrons. The van der Waals surface area contributed by atoms with Crippen LogP contribution in [-0.4, -0.2) is 18.5 Å². The Bertz CT molecular complexity index is 758. The predicted molar refractivity (Wildman–Crippen MR) is 110 cm³/mol. The van der Waals surface area contributed by atoms with Crippen LogP contribution in [0.5, 0.6) is 0 Å². The third kappa shape index (κ3) is 4.35. The summed E-state index contributed by atoms with van der Waals surface area (Å²) >= 11 is 0. The zero-order valence-electron chi connectivity index (χ0n) is 16.4. The molecule has 5 heteroatoms. The Morgan fingerprint density at radius 3 is 2.15 bits per heavy atom. The van der Waals surface area contributed by atoms with Gasteiger partial charge >= 0.3 is 7.60 Å². The molecule has 0 spiro atoms. The lowest BCUT2D eigenvalue weighted by Crippen LogP contribution is -2.37. The standard InChI is InChI=1S/C22H30NO3P/c1-4-25-27(24,26-5-2)22(23-18(3)20-14-10-7-11-15-20)17-21(22)16-19-12-8-6-9-13-19/h6-15,18,21,23H,4-5,16-17H2,1-3H3/t18-,21+,22+/m0/s1. The van der Waals surface area contributed by atoms with E-state index in [-0.39, 0.29) is 12.0 Å². The van der Waals surface area contributed by atoms with Crippen molar-refractivity contribution in [3.8, 4) is 0 Å². The van der Waals surface area contributed by atoms with Crippen LogP contribution in [0.1, 0.15) is 44.4 Å². The first-order valence-corrected chi connectivity index (χ1v) is 11.3. The lowest BCUT2D eigenvalue weighted by atomic mass is 10.1. The predicted octanol–water partition coefficient (Wildman–Crippen LogP) is 5.56. The Morgan fingerprint density at radius 1 is 1.04 bits per heavy atom. The summed E-state index contributed by atoms with van der Waals surface area (Å²) in [6.07, 6.45) is 1.65. The van der Waals surface area contributed by atoms with Gasteiger partial charge in [-0.2, -0.15) is 0 Å². The third-order valence-corrected chi connectivity index (χ3v) is 8.10. The van der Waals surface area contributed by atoms with E-state index in [1.54, 1.807) is 0 Å². The van der Waals surface area contributed by atoms with Crippen LogP contribution < -0.4 is 5.32 Å². The minimum atomic E-state index is -3.29. The normalized spacial score (nSPS) is 23.1. The van der Waals surface area contributed by atoms with Gasteiger partial charge in [0.05, 0.1) is 13.2 Å². The van der Waals surface area contributed by atoms with Gasteiger partial charge in [0.25, 0.3) is 0 Å². The van der Waals surface area contributed by atoms with Crippen LogP contribution in [0.25, 0.3) is 0 Å². The highest BCUT2D eigenvalue weighted by molar-refractivity contribution is 7.56. The summed E-state index contributed by atoms with van der Waals surface area (Å²) in [4.78, 5) is 0. The highest BCUT2D eigenvalue weighted by atomic mass is 31.2. The molecule has 4 nitrogen and oxygen atoms in total. The van der Waals surface area contributed by atoms with Crippen molar-refractivity contribution >= 4 is 7.60 Å². The molecule has 0 amide bonds. The van der Waals surface area contributed by atoms with Crippen molar-refractivity contribution < 1.29 is 13.6 Å². The molecule has 146 valence electrons. The Labute approximate surface area is 162 Å². The van der Waals surface area contributed by atoms with E-state index in [2.05, 4.69) is 36.5 Å². The fourth-order valence-corrected chi connectivity index (χ4v) is 6.40. The van der Waals surface area contributed by atoms with Crippen LogP contribution in [0.15, 0.2) is 60.7 Å². The number of benzene rings is 2. The largest absolute Gasteiger partial charge is 0.350 e. The maximum atomic E-state index is 13.8. The highest BCUT2D eigenvalue weighted by Crippen LogP contribution is 2.73. The smallest absolute Gasteiger partial charge is 0.308 e. The van der Waals surface area contributed by atoms with Crippen LogP contribution >= 0.6 is 7.60 Å². The zero-order chi connectivity index (χ0) is 19.3. The van der Waals surface area contributed by atoms with Gasteiger partial charge in [-0.15, -0.1) is 0 Å². The molecule has 27 heavy (non-hydrogen) atoms. The number of hydrogen-bond donors (Lipinski definition) is 1. The lowest BCUT2D eigenvalue weighted by Gasteiger charge is -2.31. The molecule has 3 atom stereocenters. The van der Waals surface area contributed by atoms with Gasteiger partial charge in [-0.05, 0) is 50.7 Å². The monoisotopic (exact) mass is 387 g/mol. The van der Waals surface area contributed by atoms with Gasteiger partial charge in [0.2, 0.25) is 0 Å². The summed E-state index contributed by atoms with van der Waals surface area (Å²) in [5.41, 5.74) is 2.42. The first kappa shape index (κ1) is 20.3. The molecule has 0 aromatic heterocycles. The van der Waals surface area contributed by atoms with Gasteiger partial charge in [-0.25, -0.2) is 0 Å². The van der Waals surface area contributed by atoms with Crippen LogP contribution in [0.2, 0.25) is 0 Å². The second-order valence-corrected chi connectivity index (χ2v) is 9.43. The lowest BCUT2D eigenvalue weighted by molar-refractivity contribution is 0.199. The summed E-state index contributed by atoms with van der Waals surface area (Å²) < 4.78 is 25.3. The molecule has 1 fully saturated rings. The van der Waals surface area contributed by atoms with Crippen molar-refractivity contribution in [2.75, 3.05) is 13.2 Å². The van der Waals surface area contributed by atoms with Crippen molar-refractivity contribution in [1.29, 1.82) is 0 Å². The van der Waals surface area contributed by atoms with Gasteiger partial charge in [0, 0.05) is 6.04 Å². The maximum Gasteiger partial charge on any atom is 0.350 e. The molecule has 3 rings (SSSR count). The summed E-state index contributed by atoms with van der Waals surface area (Å²) in [6.45, 7) is 6.59. The minimum Gasteiger partial charge on any atom is -0.308 e. The van der Waals surface area contributed by atoms with E-state index in [0.717, 1.165) is 12.8 Å². The third-order valence-electron chi connectivity index (χ3n) is 5.25. The minimum absolute atomic E-state index is 0.0567. The number of hydrogen-bond acceptors (Lipinski definition) is 4. The first-order chi connectivity index (χ1) is 13.0. The van der Waals surface area contributed by atoms with E-state index in [9.17, 15) is 4.57 Å². The van der Waals surface area contributed by atoms with Crippen molar-refractivity contribution in [3.63, 3.8) is 0 Å². The molecule has 0 unspecified atom stereocenters. The van der Waals surface area contributed by atoms with Gasteiger partial charge in [0.1, 0.15) is 5.28 Å². The SMILES string of the molecule is CCOP(=O)(OCC)[C@]1(N[C@@H](C)c2ccccc2)C[C@H]1Cc1ccccc1. The van der Waals surface area contributed by atoms with Crippen molar-refractivity contribution in [2.45, 2.75) is 44.9 Å². The molecule has 1 aliphatic rings. The zero-order valence-corrected chi connectivity index (χ0v) is 17.3. The van der Waals surface area contributed by atoms with Gasteiger partial charge in [0.15, 0.2) is 0 Å². The average molecular weight is 387 g/mol. The summed E-state index contributed by atoms with van der Waals surface area (Å²) in [5.74, 6) is 0.218. The molecule has 0 heterocycles. The van der Waals surface area contributed by atoms with Crippen molar-refractivity contribution in [3.05, 3.63) is 71.8 Å². The summed E-state index contributed by atoms with van der Waals surface area (Å²) in [5, 5.41) is 3.02. The molecular formula is C22H30NO3P. The second-order valence-electron chi connectivity index (χ2n) is 7.12. The van der Waals surface area contributed by atoms with E-state index < -0.39 is 12.9 Å². The van der Waals surface area contributed by atoms with Crippen LogP contribution in [0, 0.1) is 5.92 Å². The summed E-state index contributed by atoms with van der Waals surface area (Å²) in [7, 11) is -3.29. The molecule has 1 saturated carbocycles. The average Bonchev–Trinajstić information content (AvgIpc) is 3.37. The molecule has 0 aliphatic heterocycles. The molecule has 2 aromatic carbocycles. The van der Waals surface area contributed by atoms with Crippen LogP contribution in [0.4, 0.5) is 0 Å². The highest BCUT2D eigenvalue weighted by Gasteiger charge is 2.68. The first-order valence-electron chi connectivity index (χ1n) is 9.80. The number of rotatable bonds is 10. The fourth-order valence-electron chi connectivity index (χ4n) is 3.86. The molecule has 0 saturated heterocycles. The van der Waals surface area contributed by atoms with E-state index in [0.29, 0.717) is 13.2 Å². The summed E-state index contributed by atoms with van der Waals surface area (Å²) in [6, 6.07) is 20.6. The Morgan fingerprint density at radius 2 is 1.59 bits per heavy atom. The van der Waals surface area contributed by atoms with E-state index in [1.165, 1.54) is 11.1 Å². The Balaban J connectivity index is 1.87. The van der Waals surface area contributed by atoms with Gasteiger partial charge in [-0.1, -0.05) is 60.7 Å². The van der Waals surface area contributed by atoms with Crippen LogP contribution in [-0.2, 0) is 20.0 Å². The molecule has 2 aromatic rings. The maximum absolute atomic E-state index is 13.8. The quantitative estimate of drug-likeness (QED) is 0.542. The Hall–Kier alpha value is -1.45. The molecule has 1 N–H and O–H groups in total. The fraction of sp³-hybridized carbons (Fsp3) is 0.455. The second kappa shape index (κ2) is 8.70. The molecular weight excluding hydrogens is 357 g/mol. The van der Waals surface area contributed by atoms with E-state index >= 15 is 0 Å².